The average molecular weight is 390 g/mol. The number of aryl methyl sites for hydroxylation is 1. The largest absolute Gasteiger partial charge is 0.493 e. The lowest BCUT2D eigenvalue weighted by Crippen LogP contribution is -2.28. The van der Waals surface area contributed by atoms with Crippen molar-refractivity contribution >= 4 is 33.2 Å². The zero-order valence-corrected chi connectivity index (χ0v) is 15.5. The Bertz CT molecular complexity index is 825. The van der Waals surface area contributed by atoms with Crippen molar-refractivity contribution in [2.24, 2.45) is 0 Å². The molecule has 0 aliphatic heterocycles. The zero-order valence-electron chi connectivity index (χ0n) is 13.2. The van der Waals surface area contributed by atoms with Gasteiger partial charge in [-0.25, -0.2) is 13.1 Å². The Morgan fingerprint density at radius 1 is 1.04 bits per heavy atom. The summed E-state index contributed by atoms with van der Waals surface area (Å²) >= 11 is 11.6. The number of rotatable bonds is 7. The van der Waals surface area contributed by atoms with Gasteiger partial charge in [0.1, 0.15) is 6.61 Å². The lowest BCUT2D eigenvalue weighted by molar-refractivity contribution is 0.298. The van der Waals surface area contributed by atoms with Gasteiger partial charge in [0.15, 0.2) is 11.5 Å². The second-order valence-electron chi connectivity index (χ2n) is 4.98. The molecule has 2 aromatic rings. The Morgan fingerprint density at radius 3 is 2.46 bits per heavy atom. The summed E-state index contributed by atoms with van der Waals surface area (Å²) in [7, 11) is -2.13. The van der Waals surface area contributed by atoms with E-state index in [1.165, 1.54) is 18.2 Å². The summed E-state index contributed by atoms with van der Waals surface area (Å²) in [5, 5.41) is 0.477. The maximum Gasteiger partial charge on any atom is 0.240 e. The molecule has 8 heteroatoms. The molecule has 0 heterocycles. The van der Waals surface area contributed by atoms with Crippen LogP contribution in [0.25, 0.3) is 0 Å². The fourth-order valence-electron chi connectivity index (χ4n) is 1.96. The molecule has 0 unspecified atom stereocenters. The van der Waals surface area contributed by atoms with Gasteiger partial charge < -0.3 is 9.47 Å². The Hall–Kier alpha value is -1.47. The number of methoxy groups -OCH3 is 1. The van der Waals surface area contributed by atoms with Crippen LogP contribution >= 0.6 is 23.2 Å². The molecule has 0 aliphatic carbocycles. The molecule has 0 bridgehead atoms. The minimum Gasteiger partial charge on any atom is -0.493 e. The first-order chi connectivity index (χ1) is 11.3. The number of benzene rings is 2. The molecule has 0 fully saturated rings. The highest BCUT2D eigenvalue weighted by Crippen LogP contribution is 2.27. The van der Waals surface area contributed by atoms with Crippen LogP contribution in [0, 0.1) is 6.92 Å². The minimum atomic E-state index is -3.68. The van der Waals surface area contributed by atoms with E-state index in [0.717, 1.165) is 5.56 Å². The van der Waals surface area contributed by atoms with E-state index in [2.05, 4.69) is 4.72 Å². The second-order valence-corrected chi connectivity index (χ2v) is 7.56. The van der Waals surface area contributed by atoms with Crippen LogP contribution in [0.4, 0.5) is 0 Å². The van der Waals surface area contributed by atoms with Gasteiger partial charge in [0, 0.05) is 6.54 Å². The SMILES string of the molecule is COc1cc(C)ccc1OCCNS(=O)(=O)c1ccc(Cl)c(Cl)c1. The van der Waals surface area contributed by atoms with Crippen molar-refractivity contribution in [1.29, 1.82) is 0 Å². The van der Waals surface area contributed by atoms with Gasteiger partial charge in [-0.2, -0.15) is 0 Å². The predicted octanol–water partition coefficient (Wildman–Crippen LogP) is 3.67. The van der Waals surface area contributed by atoms with Crippen LogP contribution < -0.4 is 14.2 Å². The highest BCUT2D eigenvalue weighted by atomic mass is 35.5. The maximum absolute atomic E-state index is 12.2. The first kappa shape index (κ1) is 18.9. The monoisotopic (exact) mass is 389 g/mol. The van der Waals surface area contributed by atoms with E-state index in [0.29, 0.717) is 16.5 Å². The van der Waals surface area contributed by atoms with E-state index in [1.54, 1.807) is 13.2 Å². The minimum absolute atomic E-state index is 0.0461. The first-order valence-electron chi connectivity index (χ1n) is 7.05. The summed E-state index contributed by atoms with van der Waals surface area (Å²) in [6.07, 6.45) is 0. The van der Waals surface area contributed by atoms with Crippen LogP contribution in [0.3, 0.4) is 0 Å². The molecule has 2 rings (SSSR count). The van der Waals surface area contributed by atoms with Crippen molar-refractivity contribution < 1.29 is 17.9 Å². The average Bonchev–Trinajstić information content (AvgIpc) is 2.55. The lowest BCUT2D eigenvalue weighted by Gasteiger charge is -2.12. The number of sulfonamides is 1. The summed E-state index contributed by atoms with van der Waals surface area (Å²) in [4.78, 5) is 0.0461. The van der Waals surface area contributed by atoms with Gasteiger partial charge in [0.2, 0.25) is 10.0 Å². The Kier molecular flexibility index (Phi) is 6.34. The molecule has 0 spiro atoms. The molecule has 0 amide bonds. The highest BCUT2D eigenvalue weighted by Gasteiger charge is 2.15. The molecule has 1 N–H and O–H groups in total. The third kappa shape index (κ3) is 4.77. The van der Waals surface area contributed by atoms with Crippen LogP contribution in [0.5, 0.6) is 11.5 Å². The van der Waals surface area contributed by atoms with Crippen LogP contribution in [0.2, 0.25) is 10.0 Å². The molecular formula is C16H17Cl2NO4S. The van der Waals surface area contributed by atoms with E-state index >= 15 is 0 Å². The van der Waals surface area contributed by atoms with Gasteiger partial charge >= 0.3 is 0 Å². The van der Waals surface area contributed by atoms with Gasteiger partial charge in [-0.05, 0) is 42.8 Å². The quantitative estimate of drug-likeness (QED) is 0.733. The molecule has 0 radical (unpaired) electrons. The topological polar surface area (TPSA) is 64.6 Å². The van der Waals surface area contributed by atoms with Crippen LogP contribution in [-0.4, -0.2) is 28.7 Å². The van der Waals surface area contributed by atoms with Crippen molar-refractivity contribution in [3.05, 3.63) is 52.0 Å². The van der Waals surface area contributed by atoms with E-state index in [9.17, 15) is 8.42 Å². The number of halogens is 2. The standard InChI is InChI=1S/C16H17Cl2NO4S/c1-11-3-6-15(16(9-11)22-2)23-8-7-19-24(20,21)12-4-5-13(17)14(18)10-12/h3-6,9-10,19H,7-8H2,1-2H3. The summed E-state index contributed by atoms with van der Waals surface area (Å²) in [6.45, 7) is 2.19. The fraction of sp³-hybridized carbons (Fsp3) is 0.250. The number of hydrogen-bond donors (Lipinski definition) is 1. The Balaban J connectivity index is 1.95. The van der Waals surface area contributed by atoms with E-state index in [4.69, 9.17) is 32.7 Å². The molecule has 130 valence electrons. The molecule has 0 saturated heterocycles. The van der Waals surface area contributed by atoms with E-state index in [1.807, 2.05) is 19.1 Å². The molecular weight excluding hydrogens is 373 g/mol. The van der Waals surface area contributed by atoms with Crippen LogP contribution in [-0.2, 0) is 10.0 Å². The van der Waals surface area contributed by atoms with Crippen molar-refractivity contribution in [1.82, 2.24) is 4.72 Å². The molecule has 5 nitrogen and oxygen atoms in total. The van der Waals surface area contributed by atoms with E-state index < -0.39 is 10.0 Å². The van der Waals surface area contributed by atoms with Crippen molar-refractivity contribution in [2.45, 2.75) is 11.8 Å². The number of ether oxygens (including phenoxy) is 2. The Labute approximate surface area is 151 Å². The van der Waals surface area contributed by atoms with Crippen molar-refractivity contribution in [2.75, 3.05) is 20.3 Å². The molecule has 0 aliphatic rings. The molecule has 0 saturated carbocycles. The van der Waals surface area contributed by atoms with Gasteiger partial charge in [-0.15, -0.1) is 0 Å². The number of hydrogen-bond acceptors (Lipinski definition) is 4. The third-order valence-electron chi connectivity index (χ3n) is 3.17. The molecule has 24 heavy (non-hydrogen) atoms. The molecule has 2 aromatic carbocycles. The fourth-order valence-corrected chi connectivity index (χ4v) is 3.36. The van der Waals surface area contributed by atoms with Gasteiger partial charge in [-0.1, -0.05) is 29.3 Å². The summed E-state index contributed by atoms with van der Waals surface area (Å²) in [5.74, 6) is 1.15. The second kappa shape index (κ2) is 8.07. The number of nitrogens with one attached hydrogen (secondary N) is 1. The smallest absolute Gasteiger partial charge is 0.240 e. The normalized spacial score (nSPS) is 11.3. The third-order valence-corrected chi connectivity index (χ3v) is 5.37. The van der Waals surface area contributed by atoms with Crippen molar-refractivity contribution in [3.63, 3.8) is 0 Å². The summed E-state index contributed by atoms with van der Waals surface area (Å²) in [6, 6.07) is 9.64. The van der Waals surface area contributed by atoms with E-state index in [-0.39, 0.29) is 23.1 Å². The Morgan fingerprint density at radius 2 is 1.79 bits per heavy atom. The van der Waals surface area contributed by atoms with Gasteiger partial charge in [-0.3, -0.25) is 0 Å². The lowest BCUT2D eigenvalue weighted by atomic mass is 10.2. The molecule has 0 atom stereocenters. The van der Waals surface area contributed by atoms with Gasteiger partial charge in [0.05, 0.1) is 22.1 Å². The van der Waals surface area contributed by atoms with Crippen LogP contribution in [0.15, 0.2) is 41.3 Å². The predicted molar refractivity (Wildman–Crippen MR) is 94.9 cm³/mol. The summed E-state index contributed by atoms with van der Waals surface area (Å²) in [5.41, 5.74) is 1.04. The zero-order chi connectivity index (χ0) is 17.7. The first-order valence-corrected chi connectivity index (χ1v) is 9.29. The summed E-state index contributed by atoms with van der Waals surface area (Å²) < 4.78 is 37.6. The van der Waals surface area contributed by atoms with Crippen LogP contribution in [0.1, 0.15) is 5.56 Å². The van der Waals surface area contributed by atoms with Gasteiger partial charge in [0.25, 0.3) is 0 Å². The van der Waals surface area contributed by atoms with Crippen molar-refractivity contribution in [3.8, 4) is 11.5 Å². The molecule has 0 aromatic heterocycles. The maximum atomic E-state index is 12.2. The highest BCUT2D eigenvalue weighted by molar-refractivity contribution is 7.89.